The van der Waals surface area contributed by atoms with E-state index in [1.807, 2.05) is 12.1 Å². The molecule has 3 heterocycles. The predicted octanol–water partition coefficient (Wildman–Crippen LogP) is 6.05. The summed E-state index contributed by atoms with van der Waals surface area (Å²) >= 11 is 0. The second-order valence-electron chi connectivity index (χ2n) is 12.3. The molecule has 3 aromatic rings. The fourth-order valence-corrected chi connectivity index (χ4v) is 7.33. The minimum absolute atomic E-state index is 0.0397. The molecule has 0 radical (unpaired) electrons. The number of hydrogen-bond donors (Lipinski definition) is 3. The Hall–Kier alpha value is -3.25. The van der Waals surface area contributed by atoms with Crippen LogP contribution in [0.5, 0.6) is 0 Å². The van der Waals surface area contributed by atoms with E-state index < -0.39 is 15.1 Å². The van der Waals surface area contributed by atoms with Crippen molar-refractivity contribution in [2.24, 2.45) is 5.92 Å². The van der Waals surface area contributed by atoms with Crippen molar-refractivity contribution in [2.45, 2.75) is 76.2 Å². The van der Waals surface area contributed by atoms with Crippen molar-refractivity contribution in [3.63, 3.8) is 0 Å². The smallest absolute Gasteiger partial charge is 0.231 e. The number of allylic oxidation sites excluding steroid dienone is 2. The van der Waals surface area contributed by atoms with Crippen molar-refractivity contribution in [2.75, 3.05) is 44.0 Å². The van der Waals surface area contributed by atoms with Gasteiger partial charge in [0.25, 0.3) is 0 Å². The molecule has 1 aromatic carbocycles. The summed E-state index contributed by atoms with van der Waals surface area (Å²) in [5.41, 5.74) is 4.72. The van der Waals surface area contributed by atoms with Crippen molar-refractivity contribution < 1.29 is 17.9 Å². The summed E-state index contributed by atoms with van der Waals surface area (Å²) in [6.45, 7) is 13.5. The van der Waals surface area contributed by atoms with E-state index in [0.29, 0.717) is 29.0 Å². The Morgan fingerprint density at radius 3 is 2.66 bits per heavy atom. The fourth-order valence-electron chi connectivity index (χ4n) is 6.13. The third-order valence-electron chi connectivity index (χ3n) is 8.42. The number of ether oxygens (including phenoxy) is 2. The molecular formula is C33H46N6O4S. The summed E-state index contributed by atoms with van der Waals surface area (Å²) in [5, 5.41) is 6.97. The monoisotopic (exact) mass is 622 g/mol. The molecule has 1 saturated heterocycles. The fraction of sp³-hybridized carbons (Fsp3) is 0.515. The number of anilines is 3. The van der Waals surface area contributed by atoms with E-state index in [1.54, 1.807) is 45.4 Å². The van der Waals surface area contributed by atoms with Gasteiger partial charge in [-0.25, -0.2) is 8.42 Å². The van der Waals surface area contributed by atoms with E-state index in [9.17, 15) is 8.42 Å². The van der Waals surface area contributed by atoms with Crippen molar-refractivity contribution in [3.8, 4) is 0 Å². The number of para-hydroxylation sites is 1. The van der Waals surface area contributed by atoms with Crippen molar-refractivity contribution in [1.29, 1.82) is 0 Å². The Morgan fingerprint density at radius 1 is 1.11 bits per heavy atom. The minimum Gasteiger partial charge on any atom is -0.383 e. The number of hydrogen-bond acceptors (Lipinski definition) is 9. The van der Waals surface area contributed by atoms with Crippen molar-refractivity contribution in [1.82, 2.24) is 19.9 Å². The summed E-state index contributed by atoms with van der Waals surface area (Å²) in [5.74, 6) is 1.39. The summed E-state index contributed by atoms with van der Waals surface area (Å²) < 4.78 is 38.0. The third kappa shape index (κ3) is 7.17. The standard InChI is InChI=1S/C33H46N6O4S/c1-21(2)43-29-19-26(24-10-9-15-39(20-24)16-17-42-6)23(5)18-28(29)36-33-37-31-25(13-14-34-31)32(38-33)35-27-11-7-8-12-30(27)44(40,41)22(3)4/h7-8,11-14,18,21-22,24,29H,9-10,15-17,19-20H2,1-6H3,(H3,34,35,36,37,38). The van der Waals surface area contributed by atoms with Crippen LogP contribution in [0.25, 0.3) is 11.0 Å². The Morgan fingerprint density at radius 2 is 1.91 bits per heavy atom. The maximum absolute atomic E-state index is 13.1. The number of fused-ring (bicyclic) bond motifs is 1. The number of aromatic amines is 1. The molecule has 2 aliphatic rings. The van der Waals surface area contributed by atoms with Gasteiger partial charge in [0.1, 0.15) is 17.6 Å². The van der Waals surface area contributed by atoms with E-state index in [0.717, 1.165) is 43.7 Å². The lowest BCUT2D eigenvalue weighted by atomic mass is 9.81. The van der Waals surface area contributed by atoms with Crippen LogP contribution in [0.3, 0.4) is 0 Å². The van der Waals surface area contributed by atoms with Crippen molar-refractivity contribution >= 4 is 38.3 Å². The molecule has 238 valence electrons. The van der Waals surface area contributed by atoms with Gasteiger partial charge in [0.2, 0.25) is 5.95 Å². The lowest BCUT2D eigenvalue weighted by Gasteiger charge is -2.37. The molecule has 0 spiro atoms. The molecule has 1 aliphatic heterocycles. The largest absolute Gasteiger partial charge is 0.383 e. The summed E-state index contributed by atoms with van der Waals surface area (Å²) in [6, 6.07) is 8.81. The highest BCUT2D eigenvalue weighted by Crippen LogP contribution is 2.37. The number of nitrogens with one attached hydrogen (secondary N) is 3. The van der Waals surface area contributed by atoms with Crippen LogP contribution in [0.2, 0.25) is 0 Å². The quantitative estimate of drug-likeness (QED) is 0.222. The number of piperidine rings is 1. The highest BCUT2D eigenvalue weighted by atomic mass is 32.2. The van der Waals surface area contributed by atoms with Crippen LogP contribution >= 0.6 is 0 Å². The van der Waals surface area contributed by atoms with Gasteiger partial charge in [-0.2, -0.15) is 9.97 Å². The molecule has 2 aromatic heterocycles. The van der Waals surface area contributed by atoms with Crippen LogP contribution in [-0.4, -0.2) is 79.1 Å². The van der Waals surface area contributed by atoms with Crippen LogP contribution < -0.4 is 10.6 Å². The van der Waals surface area contributed by atoms with Crippen LogP contribution in [0.15, 0.2) is 64.3 Å². The van der Waals surface area contributed by atoms with Crippen LogP contribution in [0, 0.1) is 5.92 Å². The Labute approximate surface area is 261 Å². The summed E-state index contributed by atoms with van der Waals surface area (Å²) in [4.78, 5) is 15.5. The van der Waals surface area contributed by atoms with E-state index in [1.165, 1.54) is 24.0 Å². The number of sulfone groups is 1. The normalized spacial score (nSPS) is 20.0. The van der Waals surface area contributed by atoms with E-state index in [4.69, 9.17) is 19.4 Å². The van der Waals surface area contributed by atoms with Crippen LogP contribution in [0.1, 0.15) is 53.9 Å². The summed E-state index contributed by atoms with van der Waals surface area (Å²) in [7, 11) is -1.76. The van der Waals surface area contributed by atoms with E-state index in [2.05, 4.69) is 47.4 Å². The molecule has 11 heteroatoms. The highest BCUT2D eigenvalue weighted by Gasteiger charge is 2.31. The molecule has 2 atom stereocenters. The van der Waals surface area contributed by atoms with Gasteiger partial charge in [-0.3, -0.25) is 0 Å². The van der Waals surface area contributed by atoms with Gasteiger partial charge in [-0.05, 0) is 89.8 Å². The predicted molar refractivity (Wildman–Crippen MR) is 176 cm³/mol. The lowest BCUT2D eigenvalue weighted by molar-refractivity contribution is 0.0262. The van der Waals surface area contributed by atoms with Gasteiger partial charge in [-0.1, -0.05) is 17.7 Å². The number of nitrogens with zero attached hydrogens (tertiary/aromatic N) is 3. The first-order chi connectivity index (χ1) is 21.1. The average Bonchev–Trinajstić information content (AvgIpc) is 3.46. The zero-order valence-corrected chi connectivity index (χ0v) is 27.5. The molecule has 2 unspecified atom stereocenters. The number of likely N-dealkylation sites (tertiary alicyclic amines) is 1. The molecule has 3 N–H and O–H groups in total. The topological polar surface area (TPSA) is 121 Å². The Bertz CT molecular complexity index is 1630. The second-order valence-corrected chi connectivity index (χ2v) is 14.8. The maximum Gasteiger partial charge on any atom is 0.231 e. The summed E-state index contributed by atoms with van der Waals surface area (Å²) in [6.07, 6.45) is 7.02. The molecule has 0 saturated carbocycles. The minimum atomic E-state index is -3.52. The van der Waals surface area contributed by atoms with E-state index in [-0.39, 0.29) is 17.1 Å². The molecule has 10 nitrogen and oxygen atoms in total. The Kier molecular flexibility index (Phi) is 10.1. The van der Waals surface area contributed by atoms with Gasteiger partial charge in [-0.15, -0.1) is 0 Å². The Balaban J connectivity index is 1.46. The van der Waals surface area contributed by atoms with Crippen LogP contribution in [-0.2, 0) is 19.3 Å². The number of benzene rings is 1. The maximum atomic E-state index is 13.1. The average molecular weight is 623 g/mol. The first-order valence-corrected chi connectivity index (χ1v) is 17.1. The first-order valence-electron chi connectivity index (χ1n) is 15.6. The lowest BCUT2D eigenvalue weighted by Crippen LogP contribution is -2.39. The molecule has 1 aliphatic carbocycles. The first kappa shape index (κ1) is 32.2. The van der Waals surface area contributed by atoms with Gasteiger partial charge >= 0.3 is 0 Å². The zero-order chi connectivity index (χ0) is 31.4. The van der Waals surface area contributed by atoms with Gasteiger partial charge < -0.3 is 30.0 Å². The van der Waals surface area contributed by atoms with Crippen molar-refractivity contribution in [3.05, 3.63) is 59.4 Å². The van der Waals surface area contributed by atoms with Gasteiger partial charge in [0.05, 0.1) is 33.9 Å². The SMILES string of the molecule is COCCN1CCCC(C2=C(C)C=C(Nc3nc(Nc4ccccc4S(=O)(=O)C(C)C)c4cc[nH]c4n3)C(OC(C)C)C2)C1. The number of aromatic nitrogens is 3. The van der Waals surface area contributed by atoms with Crippen LogP contribution in [0.4, 0.5) is 17.5 Å². The highest BCUT2D eigenvalue weighted by molar-refractivity contribution is 7.92. The molecule has 44 heavy (non-hydrogen) atoms. The molecular weight excluding hydrogens is 576 g/mol. The number of methoxy groups -OCH3 is 1. The molecule has 1 fully saturated rings. The number of rotatable bonds is 12. The second kappa shape index (κ2) is 13.8. The molecule has 0 amide bonds. The molecule has 5 rings (SSSR count). The van der Waals surface area contributed by atoms with Gasteiger partial charge in [0, 0.05) is 38.5 Å². The van der Waals surface area contributed by atoms with Gasteiger partial charge in [0.15, 0.2) is 9.84 Å². The van der Waals surface area contributed by atoms with E-state index >= 15 is 0 Å². The zero-order valence-electron chi connectivity index (χ0n) is 26.7. The third-order valence-corrected chi connectivity index (χ3v) is 10.6. The number of H-pyrrole nitrogens is 1. The molecule has 0 bridgehead atoms.